The van der Waals surface area contributed by atoms with E-state index in [9.17, 15) is 42.7 Å². The van der Waals surface area contributed by atoms with Gasteiger partial charge in [-0.15, -0.1) is 0 Å². The molecule has 0 bridgehead atoms. The predicted molar refractivity (Wildman–Crippen MR) is 39.1 cm³/mol. The fourth-order valence-corrected chi connectivity index (χ4v) is 2.37. The molecule has 0 unspecified atom stereocenters. The molecular weight excluding hydrogens is 331 g/mol. The zero-order valence-corrected chi connectivity index (χ0v) is 12.7. The van der Waals surface area contributed by atoms with Crippen molar-refractivity contribution in [2.75, 3.05) is 6.67 Å². The number of hydrogen-bond acceptors (Lipinski definition) is 4. The molecule has 0 fully saturated rings. The van der Waals surface area contributed by atoms with Crippen molar-refractivity contribution in [1.29, 1.82) is 0 Å². The molecular formula is C3H4F6KNO4S2. The number of rotatable bonds is 5. The first kappa shape index (κ1) is 20.4. The standard InChI is InChI=1S/C3H3F6NO4S2.K.H/c4-1-2(5,6)3(7,8)15(11,12)10-16(9,13)14;;/h10H,1H2;;/q;+1;-1. The average molecular weight is 335 g/mol. The Labute approximate surface area is 136 Å². The van der Waals surface area contributed by atoms with E-state index in [0.29, 0.717) is 0 Å². The summed E-state index contributed by atoms with van der Waals surface area (Å²) in [6.07, 6.45) is 0. The van der Waals surface area contributed by atoms with Gasteiger partial charge in [0.15, 0.2) is 6.67 Å². The van der Waals surface area contributed by atoms with Crippen molar-refractivity contribution in [3.63, 3.8) is 0 Å². The smallest absolute Gasteiger partial charge is 1.00 e. The van der Waals surface area contributed by atoms with E-state index >= 15 is 0 Å². The molecule has 0 atom stereocenters. The Kier molecular flexibility index (Phi) is 7.22. The van der Waals surface area contributed by atoms with Gasteiger partial charge in [0.25, 0.3) is 10.0 Å². The van der Waals surface area contributed by atoms with Crippen molar-refractivity contribution in [2.45, 2.75) is 11.2 Å². The van der Waals surface area contributed by atoms with Crippen LogP contribution in [-0.4, -0.2) is 34.7 Å². The zero-order chi connectivity index (χ0) is 13.4. The Balaban J connectivity index is -0.00000112. The fraction of sp³-hybridized carbons (Fsp3) is 1.00. The van der Waals surface area contributed by atoms with E-state index in [1.165, 1.54) is 0 Å². The van der Waals surface area contributed by atoms with Crippen molar-refractivity contribution in [1.82, 2.24) is 4.13 Å². The number of hydrogen-bond donors (Lipinski definition) is 1. The third-order valence-electron chi connectivity index (χ3n) is 1.14. The summed E-state index contributed by atoms with van der Waals surface area (Å²) in [5.74, 6) is -5.69. The van der Waals surface area contributed by atoms with Crippen LogP contribution in [0.4, 0.5) is 25.8 Å². The summed E-state index contributed by atoms with van der Waals surface area (Å²) in [6.45, 7) is -3.08. The molecule has 0 aliphatic heterocycles. The molecule has 0 aliphatic rings. The summed E-state index contributed by atoms with van der Waals surface area (Å²) in [6, 6.07) is 0. The van der Waals surface area contributed by atoms with Crippen molar-refractivity contribution in [3.8, 4) is 0 Å². The zero-order valence-electron chi connectivity index (χ0n) is 8.92. The normalized spacial score (nSPS) is 14.2. The van der Waals surface area contributed by atoms with Crippen LogP contribution in [0.5, 0.6) is 0 Å². The van der Waals surface area contributed by atoms with Gasteiger partial charge >= 0.3 is 73.0 Å². The van der Waals surface area contributed by atoms with Crippen molar-refractivity contribution in [2.24, 2.45) is 0 Å². The molecule has 0 aromatic heterocycles. The van der Waals surface area contributed by atoms with Crippen LogP contribution in [0, 0.1) is 0 Å². The van der Waals surface area contributed by atoms with Crippen molar-refractivity contribution < 1.29 is 95.5 Å². The van der Waals surface area contributed by atoms with E-state index in [1.54, 1.807) is 0 Å². The minimum Gasteiger partial charge on any atom is -1.00 e. The van der Waals surface area contributed by atoms with Crippen LogP contribution in [0.15, 0.2) is 0 Å². The molecule has 0 saturated heterocycles. The van der Waals surface area contributed by atoms with Crippen LogP contribution in [0.25, 0.3) is 0 Å². The van der Waals surface area contributed by atoms with Gasteiger partial charge in [0.2, 0.25) is 0 Å². The van der Waals surface area contributed by atoms with Crippen LogP contribution in [-0.2, 0) is 20.4 Å². The minimum atomic E-state index is -6.62. The molecule has 0 aromatic carbocycles. The average Bonchev–Trinajstić information content (AvgIpc) is 1.99. The Bertz CT molecular complexity index is 465. The predicted octanol–water partition coefficient (Wildman–Crippen LogP) is -2.57. The third-order valence-corrected chi connectivity index (χ3v) is 3.79. The van der Waals surface area contributed by atoms with Gasteiger partial charge in [0.05, 0.1) is 0 Å². The number of alkyl halides is 5. The maximum atomic E-state index is 12.4. The quantitative estimate of drug-likeness (QED) is 0.340. The first-order valence-electron chi connectivity index (χ1n) is 3.06. The Hall–Kier alpha value is 1.08. The van der Waals surface area contributed by atoms with Crippen molar-refractivity contribution in [3.05, 3.63) is 0 Å². The minimum absolute atomic E-state index is 0. The van der Waals surface area contributed by atoms with E-state index in [1.807, 2.05) is 0 Å². The van der Waals surface area contributed by atoms with Crippen LogP contribution in [0.2, 0.25) is 0 Å². The maximum absolute atomic E-state index is 12.4. The second-order valence-corrected chi connectivity index (χ2v) is 5.44. The van der Waals surface area contributed by atoms with Crippen LogP contribution in [0.3, 0.4) is 0 Å². The summed E-state index contributed by atoms with van der Waals surface area (Å²) in [7, 11) is -12.8. The van der Waals surface area contributed by atoms with Gasteiger partial charge in [-0.2, -0.15) is 26.0 Å². The number of sulfonamides is 1. The molecule has 1 N–H and O–H groups in total. The second-order valence-electron chi connectivity index (χ2n) is 2.38. The maximum Gasteiger partial charge on any atom is 1.00 e. The summed E-state index contributed by atoms with van der Waals surface area (Å²) < 4.78 is 112. The van der Waals surface area contributed by atoms with Gasteiger partial charge in [-0.05, 0) is 0 Å². The molecule has 0 spiro atoms. The van der Waals surface area contributed by atoms with Gasteiger partial charge < -0.3 is 1.43 Å². The van der Waals surface area contributed by atoms with Crippen LogP contribution >= 0.6 is 0 Å². The summed E-state index contributed by atoms with van der Waals surface area (Å²) in [5, 5.41) is -6.12. The monoisotopic (exact) mass is 335 g/mol. The van der Waals surface area contributed by atoms with E-state index in [0.717, 1.165) is 0 Å². The van der Waals surface area contributed by atoms with E-state index in [4.69, 9.17) is 0 Å². The van der Waals surface area contributed by atoms with Gasteiger partial charge in [0.1, 0.15) is 0 Å². The van der Waals surface area contributed by atoms with Crippen LogP contribution in [0.1, 0.15) is 1.43 Å². The molecule has 0 amide bonds. The number of nitrogens with one attached hydrogen (secondary N) is 1. The van der Waals surface area contributed by atoms with Crippen molar-refractivity contribution >= 4 is 20.4 Å². The molecule has 0 aromatic rings. The largest absolute Gasteiger partial charge is 1.00 e. The summed E-state index contributed by atoms with van der Waals surface area (Å²) >= 11 is 0. The number of halogens is 6. The van der Waals surface area contributed by atoms with Gasteiger partial charge in [-0.1, -0.05) is 8.01 Å². The molecule has 0 saturated carbocycles. The molecule has 14 heteroatoms. The SMILES string of the molecule is O=S(=O)(F)NS(=O)(=O)C(F)(F)C(F)(F)CF.[H-].[K+]. The molecule has 100 valence electrons. The Morgan fingerprint density at radius 2 is 1.41 bits per heavy atom. The van der Waals surface area contributed by atoms with Gasteiger partial charge in [-0.25, -0.2) is 12.8 Å². The molecule has 5 nitrogen and oxygen atoms in total. The molecule has 0 rings (SSSR count). The molecule has 17 heavy (non-hydrogen) atoms. The first-order chi connectivity index (χ1) is 6.77. The van der Waals surface area contributed by atoms with Gasteiger partial charge in [-0.3, -0.25) is 0 Å². The molecule has 0 aliphatic carbocycles. The molecule has 0 heterocycles. The van der Waals surface area contributed by atoms with Gasteiger partial charge in [0, 0.05) is 0 Å². The topological polar surface area (TPSA) is 80.3 Å². The van der Waals surface area contributed by atoms with E-state index in [2.05, 4.69) is 0 Å². The summed E-state index contributed by atoms with van der Waals surface area (Å²) in [5.41, 5.74) is 0. The van der Waals surface area contributed by atoms with E-state index < -0.39 is 38.3 Å². The third kappa shape index (κ3) is 4.92. The summed E-state index contributed by atoms with van der Waals surface area (Å²) in [4.78, 5) is 0. The van der Waals surface area contributed by atoms with E-state index in [-0.39, 0.29) is 56.9 Å². The molecule has 0 radical (unpaired) electrons. The van der Waals surface area contributed by atoms with Crippen LogP contribution < -0.4 is 55.5 Å². The fourth-order valence-electron chi connectivity index (χ4n) is 0.458. The second kappa shape index (κ2) is 6.02. The Morgan fingerprint density at radius 3 is 1.65 bits per heavy atom. The first-order valence-corrected chi connectivity index (χ1v) is 5.93. The Morgan fingerprint density at radius 1 is 1.06 bits per heavy atom.